The highest BCUT2D eigenvalue weighted by Crippen LogP contribution is 2.20. The summed E-state index contributed by atoms with van der Waals surface area (Å²) in [6.07, 6.45) is 3.60. The number of nitrogens with zero attached hydrogens (tertiary/aromatic N) is 6. The summed E-state index contributed by atoms with van der Waals surface area (Å²) in [4.78, 5) is 9.58. The van der Waals surface area contributed by atoms with Gasteiger partial charge in [0.25, 0.3) is 0 Å². The van der Waals surface area contributed by atoms with Gasteiger partial charge in [-0.3, -0.25) is 4.99 Å². The van der Waals surface area contributed by atoms with Crippen LogP contribution in [0.2, 0.25) is 5.02 Å². The molecule has 3 rings (SSSR count). The van der Waals surface area contributed by atoms with Crippen molar-refractivity contribution in [2.45, 2.75) is 33.2 Å². The Bertz CT molecular complexity index is 818. The maximum atomic E-state index is 6.17. The second-order valence-corrected chi connectivity index (χ2v) is 7.87. The summed E-state index contributed by atoms with van der Waals surface area (Å²) in [5, 5.41) is 12.5. The van der Waals surface area contributed by atoms with Crippen molar-refractivity contribution in [2.24, 2.45) is 4.99 Å². The molecule has 0 aliphatic carbocycles. The van der Waals surface area contributed by atoms with Crippen molar-refractivity contribution in [3.05, 3.63) is 41.4 Å². The summed E-state index contributed by atoms with van der Waals surface area (Å²) in [6, 6.07) is 8.07. The maximum Gasteiger partial charge on any atom is 0.194 e. The summed E-state index contributed by atoms with van der Waals surface area (Å²) < 4.78 is 7.55. The Kier molecular flexibility index (Phi) is 9.42. The van der Waals surface area contributed by atoms with Gasteiger partial charge >= 0.3 is 0 Å². The number of halogens is 1. The second-order valence-electron chi connectivity index (χ2n) is 7.43. The molecule has 1 aromatic heterocycles. The van der Waals surface area contributed by atoms with Crippen LogP contribution in [0.3, 0.4) is 0 Å². The summed E-state index contributed by atoms with van der Waals surface area (Å²) in [5.74, 6) is 1.97. The lowest BCUT2D eigenvalue weighted by molar-refractivity contribution is 0.146. The van der Waals surface area contributed by atoms with Gasteiger partial charge in [0.05, 0.1) is 0 Å². The van der Waals surface area contributed by atoms with Crippen molar-refractivity contribution in [3.8, 4) is 0 Å². The number of benzene rings is 1. The smallest absolute Gasteiger partial charge is 0.194 e. The highest BCUT2D eigenvalue weighted by atomic mass is 35.5. The highest BCUT2D eigenvalue weighted by molar-refractivity contribution is 6.30. The topological polar surface area (TPSA) is 70.8 Å². The fourth-order valence-electron chi connectivity index (χ4n) is 3.64. The monoisotopic (exact) mass is 447 g/mol. The van der Waals surface area contributed by atoms with Crippen molar-refractivity contribution in [3.63, 3.8) is 0 Å². The third kappa shape index (κ3) is 7.11. The third-order valence-corrected chi connectivity index (χ3v) is 5.55. The summed E-state index contributed by atoms with van der Waals surface area (Å²) in [5.41, 5.74) is 1.18. The lowest BCUT2D eigenvalue weighted by Crippen LogP contribution is -2.53. The summed E-state index contributed by atoms with van der Waals surface area (Å²) in [6.45, 7) is 11.7. The van der Waals surface area contributed by atoms with Crippen LogP contribution in [0.5, 0.6) is 0 Å². The lowest BCUT2D eigenvalue weighted by atomic mass is 10.2. The molecule has 31 heavy (non-hydrogen) atoms. The normalized spacial score (nSPS) is 14.9. The number of aromatic nitrogens is 3. The van der Waals surface area contributed by atoms with E-state index in [0.29, 0.717) is 0 Å². The average Bonchev–Trinajstić information content (AvgIpc) is 3.25. The minimum Gasteiger partial charge on any atom is -0.382 e. The minimum atomic E-state index is 0.746. The predicted octanol–water partition coefficient (Wildman–Crippen LogP) is 2.69. The van der Waals surface area contributed by atoms with Crippen molar-refractivity contribution < 1.29 is 4.74 Å². The number of aryl methyl sites for hydroxylation is 1. The van der Waals surface area contributed by atoms with Gasteiger partial charge in [0.2, 0.25) is 0 Å². The van der Waals surface area contributed by atoms with Crippen molar-refractivity contribution in [1.82, 2.24) is 25.0 Å². The molecular formula is C22H34ClN7O. The van der Waals surface area contributed by atoms with Crippen LogP contribution >= 0.6 is 11.6 Å². The Morgan fingerprint density at radius 1 is 1.23 bits per heavy atom. The van der Waals surface area contributed by atoms with Gasteiger partial charge in [-0.1, -0.05) is 24.6 Å². The first-order valence-electron chi connectivity index (χ1n) is 11.2. The van der Waals surface area contributed by atoms with Gasteiger partial charge in [-0.25, -0.2) is 0 Å². The van der Waals surface area contributed by atoms with Crippen LogP contribution in [0.25, 0.3) is 0 Å². The van der Waals surface area contributed by atoms with Crippen LogP contribution in [0.1, 0.15) is 26.1 Å². The van der Waals surface area contributed by atoms with E-state index in [0.717, 1.165) is 88.7 Å². The Hall–Kier alpha value is -2.32. The maximum absolute atomic E-state index is 6.17. The van der Waals surface area contributed by atoms with Crippen LogP contribution in [-0.2, 0) is 17.7 Å². The predicted molar refractivity (Wildman–Crippen MR) is 126 cm³/mol. The molecule has 8 nitrogen and oxygen atoms in total. The van der Waals surface area contributed by atoms with Gasteiger partial charge in [0.15, 0.2) is 5.96 Å². The number of piperazine rings is 1. The summed E-state index contributed by atoms with van der Waals surface area (Å²) in [7, 11) is 0. The Balaban J connectivity index is 1.56. The molecular weight excluding hydrogens is 414 g/mol. The van der Waals surface area contributed by atoms with E-state index in [4.69, 9.17) is 21.3 Å². The van der Waals surface area contributed by atoms with Crippen LogP contribution in [0.15, 0.2) is 35.6 Å². The SMILES string of the molecule is CCOCCCN=C(NCCn1cnnc1CC)N1CCN(c2cccc(Cl)c2)CC1. The van der Waals surface area contributed by atoms with Gasteiger partial charge in [-0.2, -0.15) is 0 Å². The second kappa shape index (κ2) is 12.5. The molecule has 0 atom stereocenters. The van der Waals surface area contributed by atoms with Crippen LogP contribution in [0.4, 0.5) is 5.69 Å². The molecule has 1 saturated heterocycles. The molecule has 170 valence electrons. The van der Waals surface area contributed by atoms with Crippen molar-refractivity contribution in [2.75, 3.05) is 57.4 Å². The molecule has 0 amide bonds. The first-order valence-corrected chi connectivity index (χ1v) is 11.6. The fourth-order valence-corrected chi connectivity index (χ4v) is 3.83. The van der Waals surface area contributed by atoms with E-state index < -0.39 is 0 Å². The van der Waals surface area contributed by atoms with Gasteiger partial charge in [-0.15, -0.1) is 10.2 Å². The largest absolute Gasteiger partial charge is 0.382 e. The lowest BCUT2D eigenvalue weighted by Gasteiger charge is -2.38. The van der Waals surface area contributed by atoms with Gasteiger partial charge in [-0.05, 0) is 31.5 Å². The van der Waals surface area contributed by atoms with E-state index in [-0.39, 0.29) is 0 Å². The van der Waals surface area contributed by atoms with Gasteiger partial charge in [0.1, 0.15) is 12.2 Å². The van der Waals surface area contributed by atoms with Crippen LogP contribution in [0, 0.1) is 0 Å². The number of nitrogens with one attached hydrogen (secondary N) is 1. The number of hydrogen-bond acceptors (Lipinski definition) is 5. The standard InChI is InChI=1S/C22H34ClN7O/c1-3-21-27-26-18-30(21)11-10-25-22(24-9-6-16-31-4-2)29-14-12-28(13-15-29)20-8-5-7-19(23)17-20/h5,7-8,17-18H,3-4,6,9-16H2,1-2H3,(H,24,25). The first kappa shape index (κ1) is 23.3. The van der Waals surface area contributed by atoms with Crippen LogP contribution in [-0.4, -0.2) is 78.1 Å². The number of ether oxygens (including phenoxy) is 1. The molecule has 1 aliphatic heterocycles. The molecule has 0 radical (unpaired) electrons. The van der Waals surface area contributed by atoms with E-state index in [1.807, 2.05) is 25.1 Å². The first-order chi connectivity index (χ1) is 15.2. The van der Waals surface area contributed by atoms with E-state index in [9.17, 15) is 0 Å². The molecule has 0 unspecified atom stereocenters. The van der Waals surface area contributed by atoms with Gasteiger partial charge in [0, 0.05) is 76.2 Å². The molecule has 0 bridgehead atoms. The molecule has 9 heteroatoms. The third-order valence-electron chi connectivity index (χ3n) is 5.31. The number of rotatable bonds is 10. The van der Waals surface area contributed by atoms with Crippen molar-refractivity contribution >= 4 is 23.2 Å². The number of hydrogen-bond donors (Lipinski definition) is 1. The number of anilines is 1. The van der Waals surface area contributed by atoms with E-state index in [2.05, 4.69) is 42.9 Å². The molecule has 1 N–H and O–H groups in total. The average molecular weight is 448 g/mol. The zero-order valence-electron chi connectivity index (χ0n) is 18.6. The molecule has 2 aromatic rings. The molecule has 1 aromatic carbocycles. The molecule has 2 heterocycles. The fraction of sp³-hybridized carbons (Fsp3) is 0.591. The Morgan fingerprint density at radius 2 is 2.06 bits per heavy atom. The number of aliphatic imine (C=N–C) groups is 1. The van der Waals surface area contributed by atoms with E-state index in [1.165, 1.54) is 5.69 Å². The van der Waals surface area contributed by atoms with Crippen LogP contribution < -0.4 is 10.2 Å². The highest BCUT2D eigenvalue weighted by Gasteiger charge is 2.20. The summed E-state index contributed by atoms with van der Waals surface area (Å²) >= 11 is 6.17. The Morgan fingerprint density at radius 3 is 2.81 bits per heavy atom. The molecule has 1 aliphatic rings. The zero-order chi connectivity index (χ0) is 21.9. The zero-order valence-corrected chi connectivity index (χ0v) is 19.4. The Labute approximate surface area is 190 Å². The van der Waals surface area contributed by atoms with E-state index in [1.54, 1.807) is 6.33 Å². The van der Waals surface area contributed by atoms with Crippen molar-refractivity contribution in [1.29, 1.82) is 0 Å². The quantitative estimate of drug-likeness (QED) is 0.343. The number of guanidine groups is 1. The molecule has 1 fully saturated rings. The molecule has 0 spiro atoms. The molecule has 0 saturated carbocycles. The minimum absolute atomic E-state index is 0.746. The van der Waals surface area contributed by atoms with E-state index >= 15 is 0 Å². The van der Waals surface area contributed by atoms with Gasteiger partial charge < -0.3 is 24.4 Å².